The SMILES string of the molecule is CCNC(=O)c1sc2c(c1C)c(=O)n(C(C)(C)C(=O)O)c(=O)n2CCc1c(OC(C)C)cccc1C1CCCCC1. The number of fused-ring (bicyclic) bond motifs is 1. The number of nitrogens with zero attached hydrogens (tertiary/aromatic N) is 2. The molecule has 1 aliphatic carbocycles. The Morgan fingerprint density at radius 2 is 1.85 bits per heavy atom. The van der Waals surface area contributed by atoms with Crippen LogP contribution in [-0.2, 0) is 23.3 Å². The van der Waals surface area contributed by atoms with Gasteiger partial charge in [-0.15, -0.1) is 11.3 Å². The predicted octanol–water partition coefficient (Wildman–Crippen LogP) is 5.18. The van der Waals surface area contributed by atoms with Gasteiger partial charge in [-0.05, 0) is 89.5 Å². The molecule has 222 valence electrons. The lowest BCUT2D eigenvalue weighted by atomic mass is 9.81. The van der Waals surface area contributed by atoms with Crippen LogP contribution in [-0.4, -0.2) is 38.8 Å². The van der Waals surface area contributed by atoms with Crippen molar-refractivity contribution in [3.05, 3.63) is 60.6 Å². The number of benzene rings is 1. The van der Waals surface area contributed by atoms with Crippen molar-refractivity contribution in [1.82, 2.24) is 14.5 Å². The van der Waals surface area contributed by atoms with Gasteiger partial charge in [-0.25, -0.2) is 14.2 Å². The highest BCUT2D eigenvalue weighted by Crippen LogP contribution is 2.38. The maximum absolute atomic E-state index is 14.0. The molecule has 2 N–H and O–H groups in total. The molecule has 0 atom stereocenters. The third kappa shape index (κ3) is 5.84. The Morgan fingerprint density at radius 3 is 2.46 bits per heavy atom. The zero-order valence-electron chi connectivity index (χ0n) is 24.8. The standard InChI is InChI=1S/C31H41N3O6S/c1-7-32-26(35)25-19(4)24-27(36)34(31(5,6)29(37)38)30(39)33(28(24)41-25)17-16-22-21(20-12-9-8-10-13-20)14-11-15-23(22)40-18(2)3/h11,14-15,18,20H,7-10,12-13,16-17H2,1-6H3,(H,32,35)(H,37,38). The second-order valence-electron chi connectivity index (χ2n) is 11.6. The lowest BCUT2D eigenvalue weighted by Crippen LogP contribution is -2.52. The van der Waals surface area contributed by atoms with Crippen LogP contribution >= 0.6 is 11.3 Å². The van der Waals surface area contributed by atoms with Gasteiger partial charge >= 0.3 is 11.7 Å². The van der Waals surface area contributed by atoms with Crippen molar-refractivity contribution in [2.24, 2.45) is 0 Å². The van der Waals surface area contributed by atoms with Crippen LogP contribution in [0.15, 0.2) is 27.8 Å². The number of thiophene rings is 1. The van der Waals surface area contributed by atoms with Crippen LogP contribution in [0.2, 0.25) is 0 Å². The molecule has 1 saturated carbocycles. The summed E-state index contributed by atoms with van der Waals surface area (Å²) in [4.78, 5) is 53.5. The van der Waals surface area contributed by atoms with Gasteiger partial charge in [0.25, 0.3) is 11.5 Å². The summed E-state index contributed by atoms with van der Waals surface area (Å²) < 4.78 is 8.51. The first-order chi connectivity index (χ1) is 19.4. The third-order valence-electron chi connectivity index (χ3n) is 8.00. The van der Waals surface area contributed by atoms with Crippen molar-refractivity contribution in [3.8, 4) is 5.75 Å². The highest BCUT2D eigenvalue weighted by molar-refractivity contribution is 7.20. The summed E-state index contributed by atoms with van der Waals surface area (Å²) in [7, 11) is 0. The highest BCUT2D eigenvalue weighted by atomic mass is 32.1. The zero-order valence-corrected chi connectivity index (χ0v) is 25.7. The average molecular weight is 584 g/mol. The maximum atomic E-state index is 14.0. The topological polar surface area (TPSA) is 120 Å². The number of carboxylic acid groups (broad SMARTS) is 1. The molecule has 0 spiro atoms. The summed E-state index contributed by atoms with van der Waals surface area (Å²) in [5, 5.41) is 12.9. The molecule has 10 heteroatoms. The normalized spacial score (nSPS) is 14.5. The van der Waals surface area contributed by atoms with Crippen molar-refractivity contribution in [3.63, 3.8) is 0 Å². The van der Waals surface area contributed by atoms with E-state index < -0.39 is 22.8 Å². The molecule has 2 heterocycles. The molecule has 0 aliphatic heterocycles. The Balaban J connectivity index is 1.93. The molecule has 0 radical (unpaired) electrons. The minimum absolute atomic E-state index is 0.0392. The Kier molecular flexibility index (Phi) is 9.11. The fourth-order valence-electron chi connectivity index (χ4n) is 5.82. The smallest absolute Gasteiger partial charge is 0.333 e. The van der Waals surface area contributed by atoms with Crippen LogP contribution in [0.3, 0.4) is 0 Å². The van der Waals surface area contributed by atoms with Crippen LogP contribution < -0.4 is 21.3 Å². The minimum atomic E-state index is -1.80. The van der Waals surface area contributed by atoms with E-state index >= 15 is 0 Å². The van der Waals surface area contributed by atoms with Gasteiger partial charge in [-0.1, -0.05) is 31.4 Å². The first-order valence-electron chi connectivity index (χ1n) is 14.5. The second kappa shape index (κ2) is 12.2. The van der Waals surface area contributed by atoms with E-state index in [1.807, 2.05) is 26.0 Å². The van der Waals surface area contributed by atoms with E-state index in [2.05, 4.69) is 11.4 Å². The van der Waals surface area contributed by atoms with Crippen molar-refractivity contribution >= 4 is 33.4 Å². The molecular formula is C31H41N3O6S. The molecule has 1 fully saturated rings. The number of aliphatic carboxylic acids is 1. The Hall–Kier alpha value is -3.40. The van der Waals surface area contributed by atoms with E-state index in [9.17, 15) is 24.3 Å². The molecule has 0 unspecified atom stereocenters. The number of hydrogen-bond acceptors (Lipinski definition) is 6. The van der Waals surface area contributed by atoms with Crippen molar-refractivity contribution in [1.29, 1.82) is 0 Å². The van der Waals surface area contributed by atoms with Gasteiger partial charge in [-0.2, -0.15) is 0 Å². The van der Waals surface area contributed by atoms with Crippen molar-refractivity contribution in [2.75, 3.05) is 6.54 Å². The number of nitrogens with one attached hydrogen (secondary N) is 1. The van der Waals surface area contributed by atoms with Gasteiger partial charge in [0.05, 0.1) is 16.4 Å². The van der Waals surface area contributed by atoms with Crippen LogP contribution in [0.5, 0.6) is 5.75 Å². The predicted molar refractivity (Wildman–Crippen MR) is 162 cm³/mol. The fraction of sp³-hybridized carbons (Fsp3) is 0.548. The van der Waals surface area contributed by atoms with Gasteiger partial charge in [0.2, 0.25) is 0 Å². The fourth-order valence-corrected chi connectivity index (χ4v) is 7.06. The van der Waals surface area contributed by atoms with E-state index in [4.69, 9.17) is 4.74 Å². The number of carbonyl (C=O) groups is 2. The van der Waals surface area contributed by atoms with Gasteiger partial charge in [0, 0.05) is 13.1 Å². The molecule has 1 aliphatic rings. The molecule has 0 bridgehead atoms. The quantitative estimate of drug-likeness (QED) is 0.339. The number of aromatic nitrogens is 2. The summed E-state index contributed by atoms with van der Waals surface area (Å²) >= 11 is 1.10. The Bertz CT molecular complexity index is 1570. The molecule has 9 nitrogen and oxygen atoms in total. The molecule has 1 aromatic carbocycles. The third-order valence-corrected chi connectivity index (χ3v) is 9.31. The Labute approximate surface area is 244 Å². The summed E-state index contributed by atoms with van der Waals surface area (Å²) in [6.07, 6.45) is 6.18. The maximum Gasteiger partial charge on any atom is 0.333 e. The van der Waals surface area contributed by atoms with Crippen LogP contribution in [0.1, 0.15) is 99.0 Å². The van der Waals surface area contributed by atoms with Crippen molar-refractivity contribution in [2.45, 2.75) is 104 Å². The Morgan fingerprint density at radius 1 is 1.17 bits per heavy atom. The van der Waals surface area contributed by atoms with Crippen LogP contribution in [0.25, 0.3) is 10.2 Å². The second-order valence-corrected chi connectivity index (χ2v) is 12.6. The summed E-state index contributed by atoms with van der Waals surface area (Å²) in [5.74, 6) is -0.449. The van der Waals surface area contributed by atoms with E-state index in [1.54, 1.807) is 13.8 Å². The first kappa shape index (κ1) is 30.6. The molecule has 3 aromatic rings. The lowest BCUT2D eigenvalue weighted by Gasteiger charge is -2.27. The van der Waals surface area contributed by atoms with Gasteiger partial charge < -0.3 is 15.2 Å². The number of carbonyl (C=O) groups excluding carboxylic acids is 1. The number of ether oxygens (including phenoxy) is 1. The van der Waals surface area contributed by atoms with E-state index in [-0.39, 0.29) is 23.9 Å². The molecular weight excluding hydrogens is 542 g/mol. The zero-order chi connectivity index (χ0) is 30.1. The molecule has 2 aromatic heterocycles. The molecule has 0 saturated heterocycles. The summed E-state index contributed by atoms with van der Waals surface area (Å²) in [5.41, 5.74) is -0.520. The van der Waals surface area contributed by atoms with E-state index in [0.29, 0.717) is 34.2 Å². The minimum Gasteiger partial charge on any atom is -0.491 e. The van der Waals surface area contributed by atoms with Gasteiger partial charge in [0.15, 0.2) is 0 Å². The molecule has 41 heavy (non-hydrogen) atoms. The number of hydrogen-bond donors (Lipinski definition) is 2. The van der Waals surface area contributed by atoms with Crippen LogP contribution in [0, 0.1) is 6.92 Å². The van der Waals surface area contributed by atoms with Gasteiger partial charge in [-0.3, -0.25) is 14.2 Å². The first-order valence-corrected chi connectivity index (χ1v) is 15.3. The lowest BCUT2D eigenvalue weighted by molar-refractivity contribution is -0.146. The summed E-state index contributed by atoms with van der Waals surface area (Å²) in [6, 6.07) is 6.12. The molecule has 4 rings (SSSR count). The molecule has 1 amide bonds. The number of amides is 1. The average Bonchev–Trinajstić information content (AvgIpc) is 3.26. The largest absolute Gasteiger partial charge is 0.491 e. The number of carboxylic acids is 1. The van der Waals surface area contributed by atoms with Crippen molar-refractivity contribution < 1.29 is 19.4 Å². The highest BCUT2D eigenvalue weighted by Gasteiger charge is 2.35. The monoisotopic (exact) mass is 583 g/mol. The van der Waals surface area contributed by atoms with E-state index in [0.717, 1.165) is 40.1 Å². The number of rotatable bonds is 10. The number of aryl methyl sites for hydroxylation is 2. The van der Waals surface area contributed by atoms with Crippen LogP contribution in [0.4, 0.5) is 0 Å². The summed E-state index contributed by atoms with van der Waals surface area (Å²) in [6.45, 7) is 10.7. The van der Waals surface area contributed by atoms with Gasteiger partial charge in [0.1, 0.15) is 16.1 Å². The van der Waals surface area contributed by atoms with E-state index in [1.165, 1.54) is 43.2 Å².